The summed E-state index contributed by atoms with van der Waals surface area (Å²) < 4.78 is -1.08. The first-order valence-corrected chi connectivity index (χ1v) is 13.6. The SMILES string of the molecule is O=C(Nc1ccccc1)C1=NN(c2ccccc2)[C@@]2(S1)S/C(=C/c1ccccc1)C(=O)N2c1ccccc1. The molecule has 8 heteroatoms. The van der Waals surface area contributed by atoms with Crippen LogP contribution in [0, 0.1) is 0 Å². The minimum Gasteiger partial charge on any atom is -0.320 e. The lowest BCUT2D eigenvalue weighted by Crippen LogP contribution is -2.51. The number of carbonyl (C=O) groups is 2. The van der Waals surface area contributed by atoms with Crippen molar-refractivity contribution in [2.24, 2.45) is 5.10 Å². The number of hydrogen-bond donors (Lipinski definition) is 1. The number of rotatable bonds is 5. The average molecular weight is 535 g/mol. The molecule has 1 spiro atoms. The highest BCUT2D eigenvalue weighted by Crippen LogP contribution is 2.59. The summed E-state index contributed by atoms with van der Waals surface area (Å²) in [7, 11) is 0. The van der Waals surface area contributed by atoms with Crippen LogP contribution in [0.5, 0.6) is 0 Å². The molecule has 2 amide bonds. The van der Waals surface area contributed by atoms with E-state index < -0.39 is 4.33 Å². The molecule has 1 N–H and O–H groups in total. The number of nitrogens with zero attached hydrogens (tertiary/aromatic N) is 3. The van der Waals surface area contributed by atoms with E-state index in [1.165, 1.54) is 23.5 Å². The fourth-order valence-electron chi connectivity index (χ4n) is 4.26. The number of hydrogen-bond acceptors (Lipinski definition) is 6. The fourth-order valence-corrected chi connectivity index (χ4v) is 7.13. The van der Waals surface area contributed by atoms with E-state index >= 15 is 0 Å². The molecule has 2 aliphatic rings. The first-order valence-electron chi connectivity index (χ1n) is 12.0. The van der Waals surface area contributed by atoms with E-state index in [2.05, 4.69) is 5.32 Å². The summed E-state index contributed by atoms with van der Waals surface area (Å²) in [6, 6.07) is 38.1. The monoisotopic (exact) mass is 534 g/mol. The molecule has 0 saturated carbocycles. The van der Waals surface area contributed by atoms with Crippen LogP contribution in [0.3, 0.4) is 0 Å². The smallest absolute Gasteiger partial charge is 0.282 e. The maximum absolute atomic E-state index is 14.1. The van der Waals surface area contributed by atoms with Gasteiger partial charge in [-0.05, 0) is 59.8 Å². The highest BCUT2D eigenvalue weighted by atomic mass is 32.2. The second-order valence-corrected chi connectivity index (χ2v) is 11.2. The highest BCUT2D eigenvalue weighted by molar-refractivity contribution is 8.29. The zero-order valence-electron chi connectivity index (χ0n) is 20.1. The van der Waals surface area contributed by atoms with Crippen LogP contribution in [-0.4, -0.2) is 21.2 Å². The number of hydrazone groups is 1. The van der Waals surface area contributed by atoms with Crippen molar-refractivity contribution >= 4 is 63.5 Å². The van der Waals surface area contributed by atoms with Crippen LogP contribution in [0.4, 0.5) is 17.1 Å². The molecule has 2 aliphatic heterocycles. The molecule has 0 aliphatic carbocycles. The van der Waals surface area contributed by atoms with Gasteiger partial charge in [0.1, 0.15) is 0 Å². The van der Waals surface area contributed by atoms with Gasteiger partial charge in [0.15, 0.2) is 5.04 Å². The van der Waals surface area contributed by atoms with E-state index in [0.717, 1.165) is 16.9 Å². The van der Waals surface area contributed by atoms with Gasteiger partial charge in [-0.3, -0.25) is 14.5 Å². The fraction of sp³-hybridized carbons (Fsp3) is 0.0333. The Kier molecular flexibility index (Phi) is 6.49. The van der Waals surface area contributed by atoms with Gasteiger partial charge in [0.05, 0.1) is 10.6 Å². The Balaban J connectivity index is 1.46. The van der Waals surface area contributed by atoms with Crippen molar-refractivity contribution in [3.8, 4) is 0 Å². The third-order valence-electron chi connectivity index (χ3n) is 5.97. The van der Waals surface area contributed by atoms with E-state index in [0.29, 0.717) is 10.6 Å². The van der Waals surface area contributed by atoms with Crippen molar-refractivity contribution in [2.45, 2.75) is 4.33 Å². The Morgan fingerprint density at radius 1 is 0.737 bits per heavy atom. The van der Waals surface area contributed by atoms with Crippen molar-refractivity contribution in [1.29, 1.82) is 0 Å². The van der Waals surface area contributed by atoms with Crippen LogP contribution in [0.2, 0.25) is 0 Å². The average Bonchev–Trinajstić information content (AvgIpc) is 3.47. The lowest BCUT2D eigenvalue weighted by Gasteiger charge is -2.38. The first kappa shape index (κ1) is 24.1. The lowest BCUT2D eigenvalue weighted by atomic mass is 10.2. The minimum absolute atomic E-state index is 0.154. The third kappa shape index (κ3) is 4.49. The number of nitrogens with one attached hydrogen (secondary N) is 1. The van der Waals surface area contributed by atoms with Crippen molar-refractivity contribution in [1.82, 2.24) is 0 Å². The second kappa shape index (κ2) is 10.2. The molecule has 4 aromatic carbocycles. The van der Waals surface area contributed by atoms with Gasteiger partial charge in [-0.2, -0.15) is 5.10 Å². The molecule has 186 valence electrons. The van der Waals surface area contributed by atoms with E-state index in [4.69, 9.17) is 5.10 Å². The number of thioether (sulfide) groups is 2. The molecule has 0 radical (unpaired) electrons. The molecule has 0 aromatic heterocycles. The maximum Gasteiger partial charge on any atom is 0.282 e. The quantitative estimate of drug-likeness (QED) is 0.291. The first-order chi connectivity index (χ1) is 18.6. The van der Waals surface area contributed by atoms with Crippen LogP contribution >= 0.6 is 23.5 Å². The predicted molar refractivity (Wildman–Crippen MR) is 158 cm³/mol. The number of amides is 2. The maximum atomic E-state index is 14.1. The summed E-state index contributed by atoms with van der Waals surface area (Å²) in [5.74, 6) is -0.487. The minimum atomic E-state index is -1.08. The summed E-state index contributed by atoms with van der Waals surface area (Å²) in [6.07, 6.45) is 1.89. The standard InChI is InChI=1S/C30H22N4O2S2/c35-27(31-23-15-7-2-8-16-23)28-32-34(25-19-11-4-12-20-25)30(38-28)33(24-17-9-3-10-18-24)29(36)26(37-30)21-22-13-5-1-6-14-22/h1-21H,(H,31,35)/b26-21+/t30-/m1/s1. The molecule has 6 rings (SSSR count). The van der Waals surface area contributed by atoms with Crippen molar-refractivity contribution < 1.29 is 9.59 Å². The summed E-state index contributed by atoms with van der Waals surface area (Å²) in [5, 5.41) is 9.78. The number of anilines is 3. The molecule has 2 heterocycles. The Bertz CT molecular complexity index is 1530. The van der Waals surface area contributed by atoms with Gasteiger partial charge in [0, 0.05) is 11.4 Å². The van der Waals surface area contributed by atoms with Gasteiger partial charge in [-0.1, -0.05) is 96.7 Å². The molecule has 1 atom stereocenters. The largest absolute Gasteiger partial charge is 0.320 e. The summed E-state index contributed by atoms with van der Waals surface area (Å²) in [6.45, 7) is 0. The second-order valence-electron chi connectivity index (χ2n) is 8.52. The summed E-state index contributed by atoms with van der Waals surface area (Å²) in [5.41, 5.74) is 3.08. The summed E-state index contributed by atoms with van der Waals surface area (Å²) >= 11 is 2.65. The zero-order chi connectivity index (χ0) is 26.0. The van der Waals surface area contributed by atoms with Crippen LogP contribution < -0.4 is 15.2 Å². The van der Waals surface area contributed by atoms with Crippen LogP contribution in [-0.2, 0) is 9.59 Å². The van der Waals surface area contributed by atoms with E-state index in [-0.39, 0.29) is 16.9 Å². The Hall–Kier alpha value is -4.27. The molecule has 38 heavy (non-hydrogen) atoms. The van der Waals surface area contributed by atoms with E-state index in [9.17, 15) is 9.59 Å². The molecule has 4 aromatic rings. The van der Waals surface area contributed by atoms with E-state index in [1.807, 2.05) is 127 Å². The van der Waals surface area contributed by atoms with Crippen molar-refractivity contribution in [2.75, 3.05) is 15.2 Å². The molecular formula is C30H22N4O2S2. The molecule has 0 bridgehead atoms. The van der Waals surface area contributed by atoms with Crippen LogP contribution in [0.1, 0.15) is 5.56 Å². The molecule has 6 nitrogen and oxygen atoms in total. The molecule has 0 unspecified atom stereocenters. The molecule has 1 fully saturated rings. The predicted octanol–water partition coefficient (Wildman–Crippen LogP) is 6.62. The number of benzene rings is 4. The highest BCUT2D eigenvalue weighted by Gasteiger charge is 2.60. The van der Waals surface area contributed by atoms with Gasteiger partial charge < -0.3 is 5.32 Å². The van der Waals surface area contributed by atoms with Gasteiger partial charge in [-0.15, -0.1) is 0 Å². The topological polar surface area (TPSA) is 65.0 Å². The normalized spacial score (nSPS) is 19.7. The van der Waals surface area contributed by atoms with Gasteiger partial charge in [0.25, 0.3) is 11.8 Å². The van der Waals surface area contributed by atoms with Crippen molar-refractivity contribution in [3.63, 3.8) is 0 Å². The molecule has 1 saturated heterocycles. The lowest BCUT2D eigenvalue weighted by molar-refractivity contribution is -0.114. The molecular weight excluding hydrogens is 512 g/mol. The van der Waals surface area contributed by atoms with Crippen molar-refractivity contribution in [3.05, 3.63) is 132 Å². The Morgan fingerprint density at radius 2 is 1.29 bits per heavy atom. The van der Waals surface area contributed by atoms with Gasteiger partial charge >= 0.3 is 0 Å². The zero-order valence-corrected chi connectivity index (χ0v) is 21.7. The number of para-hydroxylation sites is 3. The third-order valence-corrected chi connectivity index (χ3v) is 8.68. The van der Waals surface area contributed by atoms with E-state index in [1.54, 1.807) is 9.91 Å². The number of carbonyl (C=O) groups excluding carboxylic acids is 2. The van der Waals surface area contributed by atoms with Gasteiger partial charge in [0.2, 0.25) is 4.33 Å². The van der Waals surface area contributed by atoms with Crippen LogP contribution in [0.25, 0.3) is 6.08 Å². The summed E-state index contributed by atoms with van der Waals surface area (Å²) in [4.78, 5) is 29.8. The van der Waals surface area contributed by atoms with Gasteiger partial charge in [-0.25, -0.2) is 5.01 Å². The Labute approximate surface area is 229 Å². The Morgan fingerprint density at radius 3 is 1.92 bits per heavy atom. The van der Waals surface area contributed by atoms with Crippen LogP contribution in [0.15, 0.2) is 131 Å².